The number of carboxylic acid groups (broad SMARTS) is 1. The Hall–Kier alpha value is -1.30. The summed E-state index contributed by atoms with van der Waals surface area (Å²) in [6, 6.07) is 0.784. The number of piperazine rings is 1. The maximum atomic E-state index is 12.4. The van der Waals surface area contributed by atoms with Crippen molar-refractivity contribution in [2.45, 2.75) is 25.8 Å². The Morgan fingerprint density at radius 3 is 2.15 bits per heavy atom. The molecule has 0 unspecified atom stereocenters. The van der Waals surface area contributed by atoms with E-state index in [4.69, 9.17) is 5.11 Å². The lowest BCUT2D eigenvalue weighted by Crippen LogP contribution is -2.53. The SMILES string of the molecule is C[C@@H]1CN(C(=O)N2CCN(C3CC3)CC2)C[C@H]1C(=O)O. The summed E-state index contributed by atoms with van der Waals surface area (Å²) >= 11 is 0. The van der Waals surface area contributed by atoms with Gasteiger partial charge in [-0.05, 0) is 18.8 Å². The number of carbonyl (C=O) groups is 2. The van der Waals surface area contributed by atoms with E-state index in [2.05, 4.69) is 4.90 Å². The lowest BCUT2D eigenvalue weighted by atomic mass is 9.99. The van der Waals surface area contributed by atoms with E-state index in [1.807, 2.05) is 11.8 Å². The molecule has 112 valence electrons. The summed E-state index contributed by atoms with van der Waals surface area (Å²) in [6.45, 7) is 6.31. The van der Waals surface area contributed by atoms with Crippen molar-refractivity contribution in [1.29, 1.82) is 0 Å². The third-order valence-corrected chi connectivity index (χ3v) is 4.85. The fraction of sp³-hybridized carbons (Fsp3) is 0.857. The summed E-state index contributed by atoms with van der Waals surface area (Å²) < 4.78 is 0. The number of aliphatic carboxylic acids is 1. The summed E-state index contributed by atoms with van der Waals surface area (Å²) in [5, 5.41) is 9.14. The number of amides is 2. The molecule has 2 saturated heterocycles. The average molecular weight is 281 g/mol. The van der Waals surface area contributed by atoms with Crippen LogP contribution < -0.4 is 0 Å². The minimum atomic E-state index is -0.786. The molecule has 2 atom stereocenters. The second kappa shape index (κ2) is 5.24. The molecule has 0 bridgehead atoms. The van der Waals surface area contributed by atoms with E-state index < -0.39 is 11.9 Å². The molecule has 1 N–H and O–H groups in total. The number of hydrogen-bond donors (Lipinski definition) is 1. The highest BCUT2D eigenvalue weighted by Gasteiger charge is 2.39. The van der Waals surface area contributed by atoms with Gasteiger partial charge in [0.05, 0.1) is 5.92 Å². The van der Waals surface area contributed by atoms with Crippen molar-refractivity contribution in [2.24, 2.45) is 11.8 Å². The third kappa shape index (κ3) is 2.61. The van der Waals surface area contributed by atoms with Gasteiger partial charge in [-0.1, -0.05) is 6.92 Å². The molecule has 3 rings (SSSR count). The zero-order valence-corrected chi connectivity index (χ0v) is 12.0. The van der Waals surface area contributed by atoms with Crippen LogP contribution in [0.25, 0.3) is 0 Å². The van der Waals surface area contributed by atoms with E-state index in [0.717, 1.165) is 32.2 Å². The zero-order chi connectivity index (χ0) is 14.3. The number of likely N-dealkylation sites (tertiary alicyclic amines) is 1. The summed E-state index contributed by atoms with van der Waals surface area (Å²) in [7, 11) is 0. The van der Waals surface area contributed by atoms with Gasteiger partial charge in [-0.15, -0.1) is 0 Å². The van der Waals surface area contributed by atoms with Gasteiger partial charge < -0.3 is 14.9 Å². The van der Waals surface area contributed by atoms with Crippen molar-refractivity contribution < 1.29 is 14.7 Å². The maximum Gasteiger partial charge on any atom is 0.320 e. The summed E-state index contributed by atoms with van der Waals surface area (Å²) in [6.07, 6.45) is 2.61. The van der Waals surface area contributed by atoms with Gasteiger partial charge in [-0.2, -0.15) is 0 Å². The van der Waals surface area contributed by atoms with Gasteiger partial charge >= 0.3 is 12.0 Å². The first-order chi connectivity index (χ1) is 9.56. The van der Waals surface area contributed by atoms with E-state index in [0.29, 0.717) is 13.1 Å². The lowest BCUT2D eigenvalue weighted by Gasteiger charge is -2.36. The molecular formula is C14H23N3O3. The monoisotopic (exact) mass is 281 g/mol. The number of carboxylic acids is 1. The van der Waals surface area contributed by atoms with Crippen LogP contribution in [-0.2, 0) is 4.79 Å². The Morgan fingerprint density at radius 1 is 1.00 bits per heavy atom. The highest BCUT2D eigenvalue weighted by atomic mass is 16.4. The van der Waals surface area contributed by atoms with Crippen molar-refractivity contribution in [1.82, 2.24) is 14.7 Å². The Balaban J connectivity index is 1.53. The molecule has 0 spiro atoms. The van der Waals surface area contributed by atoms with Crippen molar-refractivity contribution >= 4 is 12.0 Å². The van der Waals surface area contributed by atoms with E-state index >= 15 is 0 Å². The summed E-state index contributed by atoms with van der Waals surface area (Å²) in [4.78, 5) is 29.6. The molecule has 3 fully saturated rings. The van der Waals surface area contributed by atoms with Crippen LogP contribution in [0.1, 0.15) is 19.8 Å². The van der Waals surface area contributed by atoms with Gasteiger partial charge in [0.1, 0.15) is 0 Å². The van der Waals surface area contributed by atoms with Crippen LogP contribution >= 0.6 is 0 Å². The molecule has 2 aliphatic heterocycles. The number of rotatable bonds is 2. The van der Waals surface area contributed by atoms with Gasteiger partial charge in [0.25, 0.3) is 0 Å². The first-order valence-electron chi connectivity index (χ1n) is 7.57. The standard InChI is InChI=1S/C14H23N3O3/c1-10-8-17(9-12(10)13(18)19)14(20)16-6-4-15(5-7-16)11-2-3-11/h10-12H,2-9H2,1H3,(H,18,19)/t10-,12-/m1/s1. The molecule has 0 aromatic rings. The first kappa shape index (κ1) is 13.7. The van der Waals surface area contributed by atoms with Crippen LogP contribution in [0, 0.1) is 11.8 Å². The molecule has 6 nitrogen and oxygen atoms in total. The van der Waals surface area contributed by atoms with Crippen LogP contribution in [0.5, 0.6) is 0 Å². The average Bonchev–Trinajstić information content (AvgIpc) is 3.20. The zero-order valence-electron chi connectivity index (χ0n) is 12.0. The normalized spacial score (nSPS) is 31.6. The van der Waals surface area contributed by atoms with Crippen LogP contribution in [0.4, 0.5) is 4.79 Å². The molecule has 3 aliphatic rings. The Kier molecular flexibility index (Phi) is 3.58. The minimum absolute atomic E-state index is 0.0241. The second-order valence-corrected chi connectivity index (χ2v) is 6.36. The van der Waals surface area contributed by atoms with Crippen LogP contribution in [0.15, 0.2) is 0 Å². The smallest absolute Gasteiger partial charge is 0.320 e. The molecule has 1 aliphatic carbocycles. The van der Waals surface area contributed by atoms with Crippen LogP contribution in [0.3, 0.4) is 0 Å². The van der Waals surface area contributed by atoms with Gasteiger partial charge in [0, 0.05) is 45.3 Å². The lowest BCUT2D eigenvalue weighted by molar-refractivity contribution is -0.142. The van der Waals surface area contributed by atoms with E-state index in [1.54, 1.807) is 4.90 Å². The number of carbonyl (C=O) groups excluding carboxylic acids is 1. The van der Waals surface area contributed by atoms with Crippen molar-refractivity contribution in [3.05, 3.63) is 0 Å². The molecule has 2 heterocycles. The molecule has 0 aromatic heterocycles. The first-order valence-corrected chi connectivity index (χ1v) is 7.57. The highest BCUT2D eigenvalue weighted by Crippen LogP contribution is 2.28. The largest absolute Gasteiger partial charge is 0.481 e. The molecule has 2 amide bonds. The number of nitrogens with zero attached hydrogens (tertiary/aromatic N) is 3. The molecule has 20 heavy (non-hydrogen) atoms. The van der Waals surface area contributed by atoms with Crippen molar-refractivity contribution in [2.75, 3.05) is 39.3 Å². The number of urea groups is 1. The van der Waals surface area contributed by atoms with Crippen LogP contribution in [-0.4, -0.2) is 77.1 Å². The van der Waals surface area contributed by atoms with Crippen LogP contribution in [0.2, 0.25) is 0 Å². The Morgan fingerprint density at radius 2 is 1.65 bits per heavy atom. The molecule has 6 heteroatoms. The van der Waals surface area contributed by atoms with Crippen molar-refractivity contribution in [3.63, 3.8) is 0 Å². The molecule has 0 radical (unpaired) electrons. The highest BCUT2D eigenvalue weighted by molar-refractivity contribution is 5.77. The third-order valence-electron chi connectivity index (χ3n) is 4.85. The summed E-state index contributed by atoms with van der Waals surface area (Å²) in [5.74, 6) is -1.15. The number of hydrogen-bond acceptors (Lipinski definition) is 3. The van der Waals surface area contributed by atoms with E-state index in [1.165, 1.54) is 12.8 Å². The predicted octanol–water partition coefficient (Wildman–Crippen LogP) is 0.539. The fourth-order valence-electron chi connectivity index (χ4n) is 3.36. The second-order valence-electron chi connectivity index (χ2n) is 6.36. The quantitative estimate of drug-likeness (QED) is 0.802. The van der Waals surface area contributed by atoms with Gasteiger partial charge in [0.2, 0.25) is 0 Å². The Bertz CT molecular complexity index is 402. The Labute approximate surface area is 119 Å². The maximum absolute atomic E-state index is 12.4. The predicted molar refractivity (Wildman–Crippen MR) is 73.4 cm³/mol. The van der Waals surface area contributed by atoms with Gasteiger partial charge in [0.15, 0.2) is 0 Å². The molecular weight excluding hydrogens is 258 g/mol. The molecule has 1 saturated carbocycles. The van der Waals surface area contributed by atoms with E-state index in [9.17, 15) is 9.59 Å². The van der Waals surface area contributed by atoms with Gasteiger partial charge in [-0.3, -0.25) is 9.69 Å². The minimum Gasteiger partial charge on any atom is -0.481 e. The van der Waals surface area contributed by atoms with Crippen molar-refractivity contribution in [3.8, 4) is 0 Å². The fourth-order valence-corrected chi connectivity index (χ4v) is 3.36. The topological polar surface area (TPSA) is 64.1 Å². The van der Waals surface area contributed by atoms with E-state index in [-0.39, 0.29) is 11.9 Å². The molecule has 0 aromatic carbocycles. The summed E-state index contributed by atoms with van der Waals surface area (Å²) in [5.41, 5.74) is 0. The van der Waals surface area contributed by atoms with Gasteiger partial charge in [-0.25, -0.2) is 4.79 Å².